The van der Waals surface area contributed by atoms with Gasteiger partial charge in [0.25, 0.3) is 0 Å². The van der Waals surface area contributed by atoms with Gasteiger partial charge in [-0.05, 0) is 31.0 Å². The van der Waals surface area contributed by atoms with E-state index in [1.54, 1.807) is 12.1 Å². The third kappa shape index (κ3) is 2.48. The van der Waals surface area contributed by atoms with Crippen molar-refractivity contribution in [2.24, 2.45) is 0 Å². The molecule has 20 heavy (non-hydrogen) atoms. The van der Waals surface area contributed by atoms with E-state index < -0.39 is 0 Å². The van der Waals surface area contributed by atoms with E-state index in [2.05, 4.69) is 0 Å². The third-order valence-corrected chi connectivity index (χ3v) is 3.19. The lowest BCUT2D eigenvalue weighted by Crippen LogP contribution is -2.03. The molecule has 3 heteroatoms. The third-order valence-electron chi connectivity index (χ3n) is 3.19. The standard InChI is InChI=1S/C17H16O3/c1-11(18)13-7-4-5-8-14(13)15-9-6-10-16(20-3)17(15)12(2)19/h4-10H,1-3H3. The average Bonchev–Trinajstić information content (AvgIpc) is 2.46. The van der Waals surface area contributed by atoms with E-state index in [1.165, 1.54) is 21.0 Å². The number of ether oxygens (including phenoxy) is 1. The van der Waals surface area contributed by atoms with Gasteiger partial charge in [0.05, 0.1) is 12.7 Å². The first-order valence-corrected chi connectivity index (χ1v) is 6.34. The minimum absolute atomic E-state index is 0.0297. The molecule has 102 valence electrons. The molecule has 0 aliphatic heterocycles. The molecule has 0 fully saturated rings. The highest BCUT2D eigenvalue weighted by molar-refractivity contribution is 6.07. The van der Waals surface area contributed by atoms with Crippen molar-refractivity contribution in [3.63, 3.8) is 0 Å². The number of carbonyl (C=O) groups is 2. The van der Waals surface area contributed by atoms with Crippen molar-refractivity contribution in [3.8, 4) is 16.9 Å². The first kappa shape index (κ1) is 14.0. The van der Waals surface area contributed by atoms with Gasteiger partial charge >= 0.3 is 0 Å². The van der Waals surface area contributed by atoms with Crippen LogP contribution in [0.1, 0.15) is 34.6 Å². The van der Waals surface area contributed by atoms with Gasteiger partial charge in [-0.1, -0.05) is 36.4 Å². The molecule has 2 aromatic carbocycles. The molecule has 0 bridgehead atoms. The number of rotatable bonds is 4. The van der Waals surface area contributed by atoms with E-state index in [-0.39, 0.29) is 11.6 Å². The molecule has 0 aliphatic carbocycles. The Bertz CT molecular complexity index is 672. The lowest BCUT2D eigenvalue weighted by molar-refractivity contribution is 0.100. The first-order valence-electron chi connectivity index (χ1n) is 6.34. The van der Waals surface area contributed by atoms with Gasteiger partial charge in [-0.25, -0.2) is 0 Å². The van der Waals surface area contributed by atoms with E-state index in [4.69, 9.17) is 4.74 Å². The summed E-state index contributed by atoms with van der Waals surface area (Å²) in [6, 6.07) is 12.7. The van der Waals surface area contributed by atoms with Crippen molar-refractivity contribution >= 4 is 11.6 Å². The molecule has 0 spiro atoms. The van der Waals surface area contributed by atoms with Crippen LogP contribution in [0.5, 0.6) is 5.75 Å². The molecule has 2 rings (SSSR count). The van der Waals surface area contributed by atoms with Crippen LogP contribution in [-0.4, -0.2) is 18.7 Å². The predicted molar refractivity (Wildman–Crippen MR) is 78.4 cm³/mol. The topological polar surface area (TPSA) is 43.4 Å². The Morgan fingerprint density at radius 3 is 2.10 bits per heavy atom. The van der Waals surface area contributed by atoms with Crippen LogP contribution in [0.4, 0.5) is 0 Å². The zero-order valence-corrected chi connectivity index (χ0v) is 11.8. The molecule has 0 N–H and O–H groups in total. The summed E-state index contributed by atoms with van der Waals surface area (Å²) in [5.41, 5.74) is 2.58. The minimum atomic E-state index is -0.0872. The van der Waals surface area contributed by atoms with E-state index in [1.807, 2.05) is 30.3 Å². The summed E-state index contributed by atoms with van der Waals surface area (Å²) in [4.78, 5) is 23.7. The lowest BCUT2D eigenvalue weighted by atomic mass is 9.92. The fourth-order valence-electron chi connectivity index (χ4n) is 2.31. The fraction of sp³-hybridized carbons (Fsp3) is 0.176. The Morgan fingerprint density at radius 1 is 0.850 bits per heavy atom. The fourth-order valence-corrected chi connectivity index (χ4v) is 2.31. The van der Waals surface area contributed by atoms with Gasteiger partial charge < -0.3 is 4.74 Å². The monoisotopic (exact) mass is 268 g/mol. The molecule has 0 unspecified atom stereocenters. The van der Waals surface area contributed by atoms with Crippen molar-refractivity contribution in [2.45, 2.75) is 13.8 Å². The normalized spacial score (nSPS) is 10.2. The summed E-state index contributed by atoms with van der Waals surface area (Å²) < 4.78 is 5.26. The van der Waals surface area contributed by atoms with Crippen LogP contribution < -0.4 is 4.74 Å². The Kier molecular flexibility index (Phi) is 3.99. The Morgan fingerprint density at radius 2 is 1.50 bits per heavy atom. The predicted octanol–water partition coefficient (Wildman–Crippen LogP) is 3.77. The minimum Gasteiger partial charge on any atom is -0.496 e. The summed E-state index contributed by atoms with van der Waals surface area (Å²) in [6.45, 7) is 3.02. The number of carbonyl (C=O) groups excluding carboxylic acids is 2. The first-order chi connectivity index (χ1) is 9.56. The van der Waals surface area contributed by atoms with Gasteiger partial charge in [0.15, 0.2) is 11.6 Å². The molecular weight excluding hydrogens is 252 g/mol. The zero-order valence-electron chi connectivity index (χ0n) is 11.8. The van der Waals surface area contributed by atoms with Crippen LogP contribution in [0.2, 0.25) is 0 Å². The molecule has 3 nitrogen and oxygen atoms in total. The maximum Gasteiger partial charge on any atom is 0.164 e. The molecule has 0 saturated heterocycles. The summed E-state index contributed by atoms with van der Waals surface area (Å²) in [6.07, 6.45) is 0. The zero-order chi connectivity index (χ0) is 14.7. The van der Waals surface area contributed by atoms with E-state index >= 15 is 0 Å². The molecule has 0 atom stereocenters. The van der Waals surface area contributed by atoms with Crippen LogP contribution in [-0.2, 0) is 0 Å². The number of hydrogen-bond acceptors (Lipinski definition) is 3. The van der Waals surface area contributed by atoms with Gasteiger partial charge in [0.1, 0.15) is 5.75 Å². The quantitative estimate of drug-likeness (QED) is 0.793. The summed E-state index contributed by atoms with van der Waals surface area (Å²) >= 11 is 0. The number of ketones is 2. The van der Waals surface area contributed by atoms with E-state index in [0.717, 1.165) is 11.1 Å². The molecular formula is C17H16O3. The Balaban J connectivity index is 2.77. The summed E-state index contributed by atoms with van der Waals surface area (Å²) in [5, 5.41) is 0. The molecule has 0 saturated carbocycles. The van der Waals surface area contributed by atoms with Crippen LogP contribution in [0.3, 0.4) is 0 Å². The number of Topliss-reactive ketones (excluding diaryl/α,β-unsaturated/α-hetero) is 2. The van der Waals surface area contributed by atoms with Crippen molar-refractivity contribution in [2.75, 3.05) is 7.11 Å². The number of methoxy groups -OCH3 is 1. The molecule has 0 heterocycles. The smallest absolute Gasteiger partial charge is 0.164 e. The van der Waals surface area contributed by atoms with Gasteiger partial charge in [-0.2, -0.15) is 0 Å². The van der Waals surface area contributed by atoms with Crippen molar-refractivity contribution in [1.82, 2.24) is 0 Å². The molecule has 0 radical (unpaired) electrons. The van der Waals surface area contributed by atoms with Gasteiger partial charge in [0, 0.05) is 5.56 Å². The van der Waals surface area contributed by atoms with E-state index in [0.29, 0.717) is 16.9 Å². The molecule has 2 aromatic rings. The van der Waals surface area contributed by atoms with Gasteiger partial charge in [0.2, 0.25) is 0 Å². The molecule has 0 aromatic heterocycles. The second kappa shape index (κ2) is 5.70. The van der Waals surface area contributed by atoms with Crippen molar-refractivity contribution in [1.29, 1.82) is 0 Å². The SMILES string of the molecule is COc1cccc(-c2ccccc2C(C)=O)c1C(C)=O. The Labute approximate surface area is 118 Å². The Hall–Kier alpha value is -2.42. The van der Waals surface area contributed by atoms with E-state index in [9.17, 15) is 9.59 Å². The van der Waals surface area contributed by atoms with Crippen molar-refractivity contribution < 1.29 is 14.3 Å². The second-order valence-corrected chi connectivity index (χ2v) is 4.54. The maximum atomic E-state index is 11.9. The van der Waals surface area contributed by atoms with Gasteiger partial charge in [-0.15, -0.1) is 0 Å². The lowest BCUT2D eigenvalue weighted by Gasteiger charge is -2.14. The molecule has 0 aliphatic rings. The van der Waals surface area contributed by atoms with Crippen LogP contribution in [0.15, 0.2) is 42.5 Å². The second-order valence-electron chi connectivity index (χ2n) is 4.54. The van der Waals surface area contributed by atoms with Crippen molar-refractivity contribution in [3.05, 3.63) is 53.6 Å². The highest BCUT2D eigenvalue weighted by Crippen LogP contribution is 2.33. The molecule has 0 amide bonds. The average molecular weight is 268 g/mol. The van der Waals surface area contributed by atoms with Crippen LogP contribution in [0.25, 0.3) is 11.1 Å². The maximum absolute atomic E-state index is 11.9. The number of hydrogen-bond donors (Lipinski definition) is 0. The summed E-state index contributed by atoms with van der Waals surface area (Å²) in [5.74, 6) is 0.405. The summed E-state index contributed by atoms with van der Waals surface area (Å²) in [7, 11) is 1.53. The van der Waals surface area contributed by atoms with Gasteiger partial charge in [-0.3, -0.25) is 9.59 Å². The number of benzene rings is 2. The highest BCUT2D eigenvalue weighted by atomic mass is 16.5. The van der Waals surface area contributed by atoms with Crippen LogP contribution >= 0.6 is 0 Å². The largest absolute Gasteiger partial charge is 0.496 e. The highest BCUT2D eigenvalue weighted by Gasteiger charge is 2.17. The van der Waals surface area contributed by atoms with Crippen LogP contribution in [0, 0.1) is 0 Å².